The average Bonchev–Trinajstić information content (AvgIpc) is 3.26. The number of rotatable bonds is 7. The molecule has 172 valence electrons. The fourth-order valence-electron chi connectivity index (χ4n) is 3.68. The summed E-state index contributed by atoms with van der Waals surface area (Å²) in [4.78, 5) is 33.5. The van der Waals surface area contributed by atoms with Crippen LogP contribution in [-0.4, -0.2) is 37.1 Å². The Labute approximate surface area is 204 Å². The summed E-state index contributed by atoms with van der Waals surface area (Å²) in [5, 5.41) is 3.14. The molecule has 0 fully saturated rings. The van der Waals surface area contributed by atoms with Crippen molar-refractivity contribution in [2.24, 2.45) is 0 Å². The summed E-state index contributed by atoms with van der Waals surface area (Å²) in [6, 6.07) is 21.7. The van der Waals surface area contributed by atoms with Gasteiger partial charge in [-0.3, -0.25) is 14.9 Å². The molecule has 0 spiro atoms. The van der Waals surface area contributed by atoms with Gasteiger partial charge in [0, 0.05) is 16.3 Å². The quantitative estimate of drug-likeness (QED) is 0.343. The Kier molecular flexibility index (Phi) is 6.37. The molecule has 0 unspecified atom stereocenters. The molecule has 1 aromatic heterocycles. The smallest absolute Gasteiger partial charge is 0.308 e. The highest BCUT2D eigenvalue weighted by Crippen LogP contribution is 2.47. The van der Waals surface area contributed by atoms with Gasteiger partial charge in [0.15, 0.2) is 11.7 Å². The van der Waals surface area contributed by atoms with Crippen LogP contribution < -0.4 is 15.0 Å². The molecule has 0 saturated heterocycles. The van der Waals surface area contributed by atoms with Crippen molar-refractivity contribution >= 4 is 61.7 Å². The zero-order chi connectivity index (χ0) is 23.5. The first kappa shape index (κ1) is 22.2. The number of fused-ring (bicyclic) bond motifs is 3. The lowest BCUT2D eigenvalue weighted by Gasteiger charge is -2.32. The SMILES string of the molecule is COc1ccc2nc(NC(=O)COC(=O)CCN3c4ccccc4Sc4ccccc43)sc2c1. The van der Waals surface area contributed by atoms with Gasteiger partial charge in [0.1, 0.15) is 5.75 Å². The van der Waals surface area contributed by atoms with Crippen molar-refractivity contribution in [3.05, 3.63) is 66.7 Å². The molecule has 1 aliphatic rings. The van der Waals surface area contributed by atoms with Gasteiger partial charge in [-0.05, 0) is 42.5 Å². The second kappa shape index (κ2) is 9.74. The first-order valence-corrected chi connectivity index (χ1v) is 12.3. The number of thiazole rings is 1. The molecule has 1 N–H and O–H groups in total. The molecule has 0 radical (unpaired) electrons. The molecule has 7 nitrogen and oxygen atoms in total. The van der Waals surface area contributed by atoms with Crippen molar-refractivity contribution in [2.45, 2.75) is 16.2 Å². The van der Waals surface area contributed by atoms with Crippen molar-refractivity contribution in [2.75, 3.05) is 30.5 Å². The van der Waals surface area contributed by atoms with Crippen LogP contribution in [0.25, 0.3) is 10.2 Å². The maximum atomic E-state index is 12.4. The largest absolute Gasteiger partial charge is 0.497 e. The Morgan fingerprint density at radius 3 is 2.41 bits per heavy atom. The number of para-hydroxylation sites is 2. The zero-order valence-corrected chi connectivity index (χ0v) is 19.9. The van der Waals surface area contributed by atoms with Gasteiger partial charge < -0.3 is 14.4 Å². The van der Waals surface area contributed by atoms with Gasteiger partial charge in [-0.25, -0.2) is 4.98 Å². The summed E-state index contributed by atoms with van der Waals surface area (Å²) >= 11 is 3.05. The van der Waals surface area contributed by atoms with Crippen LogP contribution in [0.1, 0.15) is 6.42 Å². The molecule has 0 saturated carbocycles. The Balaban J connectivity index is 1.17. The van der Waals surface area contributed by atoms with Crippen LogP contribution in [0.3, 0.4) is 0 Å². The Morgan fingerprint density at radius 2 is 1.71 bits per heavy atom. The number of nitrogens with one attached hydrogen (secondary N) is 1. The Hall–Kier alpha value is -3.56. The molecular formula is C25H21N3O4S2. The van der Waals surface area contributed by atoms with E-state index >= 15 is 0 Å². The van der Waals surface area contributed by atoms with E-state index in [0.29, 0.717) is 11.7 Å². The van der Waals surface area contributed by atoms with Crippen molar-refractivity contribution in [3.63, 3.8) is 0 Å². The number of aromatic nitrogens is 1. The molecule has 9 heteroatoms. The van der Waals surface area contributed by atoms with Gasteiger partial charge in [0.25, 0.3) is 5.91 Å². The lowest BCUT2D eigenvalue weighted by atomic mass is 10.2. The van der Waals surface area contributed by atoms with Crippen LogP contribution in [0, 0.1) is 0 Å². The number of ether oxygens (including phenoxy) is 2. The number of hydrogen-bond acceptors (Lipinski definition) is 8. The van der Waals surface area contributed by atoms with Gasteiger partial charge in [-0.2, -0.15) is 0 Å². The second-order valence-corrected chi connectivity index (χ2v) is 9.62. The van der Waals surface area contributed by atoms with E-state index in [1.807, 2.05) is 54.6 Å². The summed E-state index contributed by atoms with van der Waals surface area (Å²) < 4.78 is 11.3. The highest BCUT2D eigenvalue weighted by Gasteiger charge is 2.23. The number of amides is 1. The van der Waals surface area contributed by atoms with E-state index in [9.17, 15) is 9.59 Å². The number of methoxy groups -OCH3 is 1. The highest BCUT2D eigenvalue weighted by molar-refractivity contribution is 7.99. The van der Waals surface area contributed by atoms with Crippen LogP contribution in [0.5, 0.6) is 5.75 Å². The summed E-state index contributed by atoms with van der Waals surface area (Å²) in [5.41, 5.74) is 2.88. The lowest BCUT2D eigenvalue weighted by Crippen LogP contribution is -2.26. The Morgan fingerprint density at radius 1 is 1.00 bits per heavy atom. The average molecular weight is 492 g/mol. The van der Waals surface area contributed by atoms with E-state index < -0.39 is 11.9 Å². The number of carbonyl (C=O) groups excluding carboxylic acids is 2. The highest BCUT2D eigenvalue weighted by atomic mass is 32.2. The fraction of sp³-hybridized carbons (Fsp3) is 0.160. The van der Waals surface area contributed by atoms with Gasteiger partial charge in [0.2, 0.25) is 0 Å². The van der Waals surface area contributed by atoms with Crippen LogP contribution >= 0.6 is 23.1 Å². The number of hydrogen-bond donors (Lipinski definition) is 1. The van der Waals surface area contributed by atoms with E-state index in [0.717, 1.165) is 37.1 Å². The van der Waals surface area contributed by atoms with Crippen LogP contribution in [0.2, 0.25) is 0 Å². The number of benzene rings is 3. The molecule has 0 atom stereocenters. The van der Waals surface area contributed by atoms with Gasteiger partial charge in [-0.1, -0.05) is 47.4 Å². The standard InChI is InChI=1S/C25H21N3O4S2/c1-31-16-10-11-17-22(14-16)34-25(26-17)27-23(29)15-32-24(30)12-13-28-18-6-2-4-8-20(18)33-21-9-5-3-7-19(21)28/h2-11,14H,12-13,15H2,1H3,(H,26,27,29). The summed E-state index contributed by atoms with van der Waals surface area (Å²) in [6.07, 6.45) is 0.154. The third-order valence-corrected chi connectivity index (χ3v) is 7.34. The number of anilines is 3. The minimum atomic E-state index is -0.433. The molecule has 1 amide bonds. The molecule has 2 heterocycles. The number of nitrogens with zero attached hydrogens (tertiary/aromatic N) is 2. The molecular weight excluding hydrogens is 470 g/mol. The summed E-state index contributed by atoms with van der Waals surface area (Å²) in [5.74, 6) is -0.137. The van der Waals surface area contributed by atoms with Gasteiger partial charge >= 0.3 is 5.97 Å². The lowest BCUT2D eigenvalue weighted by molar-refractivity contribution is -0.147. The minimum Gasteiger partial charge on any atom is -0.497 e. The van der Waals surface area contributed by atoms with E-state index in [-0.39, 0.29) is 13.0 Å². The minimum absolute atomic E-state index is 0.154. The van der Waals surface area contributed by atoms with E-state index in [1.165, 1.54) is 11.3 Å². The number of esters is 1. The maximum absolute atomic E-state index is 12.4. The van der Waals surface area contributed by atoms with E-state index in [4.69, 9.17) is 9.47 Å². The topological polar surface area (TPSA) is 80.8 Å². The van der Waals surface area contributed by atoms with Crippen molar-refractivity contribution in [1.29, 1.82) is 0 Å². The third kappa shape index (κ3) is 4.71. The molecule has 4 aromatic rings. The van der Waals surface area contributed by atoms with E-state index in [2.05, 4.69) is 27.3 Å². The van der Waals surface area contributed by atoms with Gasteiger partial charge in [0.05, 0.1) is 35.1 Å². The summed E-state index contributed by atoms with van der Waals surface area (Å²) in [7, 11) is 1.60. The molecule has 3 aromatic carbocycles. The third-order valence-electron chi connectivity index (χ3n) is 5.28. The predicted molar refractivity (Wildman–Crippen MR) is 134 cm³/mol. The monoisotopic (exact) mass is 491 g/mol. The maximum Gasteiger partial charge on any atom is 0.308 e. The zero-order valence-electron chi connectivity index (χ0n) is 18.3. The van der Waals surface area contributed by atoms with Crippen molar-refractivity contribution in [1.82, 2.24) is 4.98 Å². The van der Waals surface area contributed by atoms with Gasteiger partial charge in [-0.15, -0.1) is 0 Å². The second-order valence-electron chi connectivity index (χ2n) is 7.50. The van der Waals surface area contributed by atoms with Crippen LogP contribution in [0.4, 0.5) is 16.5 Å². The fourth-order valence-corrected chi connectivity index (χ4v) is 5.69. The van der Waals surface area contributed by atoms with Crippen molar-refractivity contribution < 1.29 is 19.1 Å². The summed E-state index contributed by atoms with van der Waals surface area (Å²) in [6.45, 7) is 0.0931. The predicted octanol–water partition coefficient (Wildman–Crippen LogP) is 5.48. The first-order chi connectivity index (χ1) is 16.6. The molecule has 34 heavy (non-hydrogen) atoms. The van der Waals surface area contributed by atoms with Crippen molar-refractivity contribution in [3.8, 4) is 5.75 Å². The van der Waals surface area contributed by atoms with E-state index in [1.54, 1.807) is 18.9 Å². The molecule has 5 rings (SSSR count). The Bertz CT molecular complexity index is 1330. The molecule has 0 bridgehead atoms. The number of carbonyl (C=O) groups is 2. The van der Waals surface area contributed by atoms with Crippen LogP contribution in [-0.2, 0) is 14.3 Å². The molecule has 0 aliphatic carbocycles. The van der Waals surface area contributed by atoms with Crippen LogP contribution in [0.15, 0.2) is 76.5 Å². The first-order valence-electron chi connectivity index (χ1n) is 10.6. The normalized spacial score (nSPS) is 12.1. The molecule has 1 aliphatic heterocycles.